The predicted molar refractivity (Wildman–Crippen MR) is 112 cm³/mol. The Morgan fingerprint density at radius 1 is 1.19 bits per heavy atom. The summed E-state index contributed by atoms with van der Waals surface area (Å²) in [6, 6.07) is 16.5. The highest BCUT2D eigenvalue weighted by molar-refractivity contribution is 5.58. The third kappa shape index (κ3) is 4.60. The van der Waals surface area contributed by atoms with Crippen molar-refractivity contribution in [3.05, 3.63) is 70.8 Å². The van der Waals surface area contributed by atoms with Gasteiger partial charge >= 0.3 is 0 Å². The summed E-state index contributed by atoms with van der Waals surface area (Å²) in [5, 5.41) is 11.9. The quantitative estimate of drug-likeness (QED) is 0.827. The molecule has 2 aromatic carbocycles. The maximum absolute atomic E-state index is 11.9. The lowest BCUT2D eigenvalue weighted by Gasteiger charge is -2.34. The molecule has 0 aromatic heterocycles. The Morgan fingerprint density at radius 2 is 1.96 bits per heavy atom. The van der Waals surface area contributed by atoms with Crippen molar-refractivity contribution in [2.45, 2.75) is 31.8 Å². The molecule has 0 amide bonds. The summed E-state index contributed by atoms with van der Waals surface area (Å²) in [5.41, 5.74) is 3.82. The van der Waals surface area contributed by atoms with Crippen LogP contribution in [0.3, 0.4) is 0 Å². The first-order valence-electron chi connectivity index (χ1n) is 9.68. The van der Waals surface area contributed by atoms with Gasteiger partial charge in [0, 0.05) is 18.9 Å². The average molecular weight is 366 g/mol. The van der Waals surface area contributed by atoms with Gasteiger partial charge < -0.3 is 14.7 Å². The normalized spacial score (nSPS) is 23.9. The minimum absolute atomic E-state index is 0.227. The van der Waals surface area contributed by atoms with Crippen LogP contribution in [0.5, 0.6) is 5.75 Å². The van der Waals surface area contributed by atoms with Crippen molar-refractivity contribution in [1.29, 1.82) is 0 Å². The zero-order valence-electron chi connectivity index (χ0n) is 16.9. The SMILES string of the molecule is COc1cccc(C=C2CCC(CN(C)C)C2(O)Cc2cccc(C)c2)c1. The molecule has 3 rings (SSSR count). The van der Waals surface area contributed by atoms with E-state index in [2.05, 4.69) is 62.3 Å². The third-order valence-electron chi connectivity index (χ3n) is 5.57. The summed E-state index contributed by atoms with van der Waals surface area (Å²) >= 11 is 0. The number of aliphatic hydroxyl groups is 1. The minimum Gasteiger partial charge on any atom is -0.497 e. The summed E-state index contributed by atoms with van der Waals surface area (Å²) < 4.78 is 5.36. The number of aryl methyl sites for hydroxylation is 1. The molecule has 1 aliphatic rings. The van der Waals surface area contributed by atoms with Gasteiger partial charge in [0.15, 0.2) is 0 Å². The number of benzene rings is 2. The van der Waals surface area contributed by atoms with Crippen molar-refractivity contribution < 1.29 is 9.84 Å². The molecule has 3 heteroatoms. The van der Waals surface area contributed by atoms with E-state index >= 15 is 0 Å². The monoisotopic (exact) mass is 365 g/mol. The van der Waals surface area contributed by atoms with E-state index in [9.17, 15) is 5.11 Å². The third-order valence-corrected chi connectivity index (χ3v) is 5.57. The first kappa shape index (κ1) is 19.7. The van der Waals surface area contributed by atoms with Crippen LogP contribution in [0.25, 0.3) is 6.08 Å². The van der Waals surface area contributed by atoms with E-state index in [0.29, 0.717) is 6.42 Å². The van der Waals surface area contributed by atoms with Gasteiger partial charge in [0.2, 0.25) is 0 Å². The highest BCUT2D eigenvalue weighted by Crippen LogP contribution is 2.44. The van der Waals surface area contributed by atoms with Crippen molar-refractivity contribution in [2.24, 2.45) is 5.92 Å². The van der Waals surface area contributed by atoms with Crippen LogP contribution in [-0.4, -0.2) is 43.4 Å². The van der Waals surface area contributed by atoms with Gasteiger partial charge in [-0.25, -0.2) is 0 Å². The zero-order valence-corrected chi connectivity index (χ0v) is 16.9. The number of hydrogen-bond acceptors (Lipinski definition) is 3. The lowest BCUT2D eigenvalue weighted by Crippen LogP contribution is -2.42. The lowest BCUT2D eigenvalue weighted by molar-refractivity contribution is 0.0257. The maximum atomic E-state index is 11.9. The largest absolute Gasteiger partial charge is 0.497 e. The Bertz CT molecular complexity index is 812. The summed E-state index contributed by atoms with van der Waals surface area (Å²) in [4.78, 5) is 2.18. The van der Waals surface area contributed by atoms with Gasteiger partial charge in [-0.2, -0.15) is 0 Å². The van der Waals surface area contributed by atoms with Gasteiger partial charge in [0.25, 0.3) is 0 Å². The summed E-state index contributed by atoms with van der Waals surface area (Å²) in [6.45, 7) is 2.99. The van der Waals surface area contributed by atoms with Crippen LogP contribution in [0.15, 0.2) is 54.1 Å². The molecule has 0 spiro atoms. The average Bonchev–Trinajstić information content (AvgIpc) is 2.90. The molecule has 1 saturated carbocycles. The Kier molecular flexibility index (Phi) is 6.03. The van der Waals surface area contributed by atoms with Gasteiger partial charge in [0.05, 0.1) is 12.7 Å². The van der Waals surface area contributed by atoms with Crippen molar-refractivity contribution in [3.8, 4) is 5.75 Å². The molecule has 2 unspecified atom stereocenters. The second-order valence-electron chi connectivity index (χ2n) is 8.03. The van der Waals surface area contributed by atoms with E-state index in [0.717, 1.165) is 36.3 Å². The van der Waals surface area contributed by atoms with E-state index in [1.165, 1.54) is 11.1 Å². The second kappa shape index (κ2) is 8.28. The number of ether oxygens (including phenoxy) is 1. The maximum Gasteiger partial charge on any atom is 0.119 e. The van der Waals surface area contributed by atoms with Crippen LogP contribution in [0.1, 0.15) is 29.5 Å². The molecule has 27 heavy (non-hydrogen) atoms. The molecule has 2 atom stereocenters. The summed E-state index contributed by atoms with van der Waals surface area (Å²) in [6.07, 6.45) is 4.76. The molecular weight excluding hydrogens is 334 g/mol. The van der Waals surface area contributed by atoms with E-state index in [1.54, 1.807) is 7.11 Å². The molecule has 1 N–H and O–H groups in total. The topological polar surface area (TPSA) is 32.7 Å². The smallest absolute Gasteiger partial charge is 0.119 e. The van der Waals surface area contributed by atoms with Crippen molar-refractivity contribution in [1.82, 2.24) is 4.90 Å². The van der Waals surface area contributed by atoms with E-state index < -0.39 is 5.60 Å². The van der Waals surface area contributed by atoms with E-state index in [1.807, 2.05) is 18.2 Å². The highest BCUT2D eigenvalue weighted by Gasteiger charge is 2.45. The molecule has 0 saturated heterocycles. The van der Waals surface area contributed by atoms with E-state index in [-0.39, 0.29) is 5.92 Å². The fourth-order valence-electron chi connectivity index (χ4n) is 4.25. The number of rotatable bonds is 6. The molecule has 144 valence electrons. The molecular formula is C24H31NO2. The molecule has 0 aliphatic heterocycles. The first-order chi connectivity index (χ1) is 12.9. The van der Waals surface area contributed by atoms with Gasteiger partial charge in [-0.15, -0.1) is 0 Å². The summed E-state index contributed by atoms with van der Waals surface area (Å²) in [7, 11) is 5.84. The molecule has 0 bridgehead atoms. The van der Waals surface area contributed by atoms with Crippen LogP contribution >= 0.6 is 0 Å². The predicted octanol–water partition coefficient (Wildman–Crippen LogP) is 4.33. The van der Waals surface area contributed by atoms with E-state index in [4.69, 9.17) is 4.74 Å². The van der Waals surface area contributed by atoms with Crippen molar-refractivity contribution in [3.63, 3.8) is 0 Å². The zero-order chi connectivity index (χ0) is 19.4. The Labute approximate surface area is 163 Å². The fourth-order valence-corrected chi connectivity index (χ4v) is 4.25. The molecule has 0 radical (unpaired) electrons. The minimum atomic E-state index is -0.818. The second-order valence-corrected chi connectivity index (χ2v) is 8.03. The Morgan fingerprint density at radius 3 is 2.67 bits per heavy atom. The lowest BCUT2D eigenvalue weighted by atomic mass is 9.81. The standard InChI is InChI=1S/C24H31NO2/c1-18-7-5-9-20(13-18)16-24(26)21(11-12-22(24)17-25(2)3)14-19-8-6-10-23(15-19)27-4/h5-10,13-15,22,26H,11-12,16-17H2,1-4H3. The van der Waals surface area contributed by atoms with Crippen LogP contribution < -0.4 is 4.74 Å². The Balaban J connectivity index is 1.96. The van der Waals surface area contributed by atoms with Gasteiger partial charge in [-0.1, -0.05) is 48.0 Å². The molecule has 2 aromatic rings. The molecule has 3 nitrogen and oxygen atoms in total. The van der Waals surface area contributed by atoms with Crippen LogP contribution in [0.2, 0.25) is 0 Å². The number of hydrogen-bond donors (Lipinski definition) is 1. The van der Waals surface area contributed by atoms with Gasteiger partial charge in [0.1, 0.15) is 5.75 Å². The molecule has 1 fully saturated rings. The van der Waals surface area contributed by atoms with Crippen LogP contribution in [0.4, 0.5) is 0 Å². The molecule has 0 heterocycles. The Hall–Kier alpha value is -2.10. The van der Waals surface area contributed by atoms with Crippen molar-refractivity contribution >= 4 is 6.08 Å². The van der Waals surface area contributed by atoms with Crippen LogP contribution in [0, 0.1) is 12.8 Å². The highest BCUT2D eigenvalue weighted by atomic mass is 16.5. The van der Waals surface area contributed by atoms with Crippen molar-refractivity contribution in [2.75, 3.05) is 27.7 Å². The summed E-state index contributed by atoms with van der Waals surface area (Å²) in [5.74, 6) is 1.07. The molecule has 1 aliphatic carbocycles. The first-order valence-corrected chi connectivity index (χ1v) is 9.68. The number of nitrogens with zero attached hydrogens (tertiary/aromatic N) is 1. The fraction of sp³-hybridized carbons (Fsp3) is 0.417. The number of methoxy groups -OCH3 is 1. The van der Waals surface area contributed by atoms with Gasteiger partial charge in [-0.05, 0) is 62.7 Å². The van der Waals surface area contributed by atoms with Gasteiger partial charge in [-0.3, -0.25) is 0 Å². The van der Waals surface area contributed by atoms with Crippen LogP contribution in [-0.2, 0) is 6.42 Å².